The number of hydrogen-bond acceptors (Lipinski definition) is 8. The Labute approximate surface area is 214 Å². The molecule has 4 aliphatic rings. The van der Waals surface area contributed by atoms with Crippen LogP contribution in [0.2, 0.25) is 0 Å². The van der Waals surface area contributed by atoms with Crippen LogP contribution in [0.3, 0.4) is 0 Å². The van der Waals surface area contributed by atoms with Crippen LogP contribution in [0.5, 0.6) is 0 Å². The third kappa shape index (κ3) is 4.03. The number of amides is 1. The predicted octanol–water partition coefficient (Wildman–Crippen LogP) is 2.62. The van der Waals surface area contributed by atoms with Crippen molar-refractivity contribution < 1.29 is 19.0 Å². The molecule has 2 aromatic heterocycles. The van der Waals surface area contributed by atoms with Gasteiger partial charge in [-0.3, -0.25) is 4.79 Å². The van der Waals surface area contributed by atoms with Crippen molar-refractivity contribution in [2.75, 3.05) is 39.8 Å². The van der Waals surface area contributed by atoms with Crippen LogP contribution in [0.4, 0.5) is 5.82 Å². The lowest BCUT2D eigenvalue weighted by Gasteiger charge is -2.35. The van der Waals surface area contributed by atoms with Crippen LogP contribution >= 0.6 is 0 Å². The Balaban J connectivity index is 1.37. The van der Waals surface area contributed by atoms with E-state index in [0.29, 0.717) is 30.1 Å². The molecule has 0 aromatic carbocycles. The summed E-state index contributed by atoms with van der Waals surface area (Å²) in [5.41, 5.74) is 3.47. The molecule has 2 fully saturated rings. The zero-order chi connectivity index (χ0) is 25.5. The number of pyridine rings is 1. The van der Waals surface area contributed by atoms with E-state index in [2.05, 4.69) is 20.3 Å². The fourth-order valence-corrected chi connectivity index (χ4v) is 5.38. The van der Waals surface area contributed by atoms with Gasteiger partial charge in [0.1, 0.15) is 23.3 Å². The number of methoxy groups -OCH3 is 2. The SMILES string of the molecule is CNc1cc(-c2cnc3n(C4CCOC[C@@H]4OC)cccc2-3)nc2c(C(=O)N[C@H]3CC[C@@H]3OC)cnn12. The molecule has 4 atom stereocenters. The minimum atomic E-state index is -0.207. The molecule has 0 spiro atoms. The molecule has 5 heterocycles. The van der Waals surface area contributed by atoms with Crippen LogP contribution in [0.25, 0.3) is 28.3 Å². The summed E-state index contributed by atoms with van der Waals surface area (Å²) in [6.45, 7) is 1.24. The highest BCUT2D eigenvalue weighted by atomic mass is 16.5. The van der Waals surface area contributed by atoms with Crippen molar-refractivity contribution in [3.8, 4) is 22.6 Å². The highest BCUT2D eigenvalue weighted by Gasteiger charge is 2.33. The largest absolute Gasteiger partial charge is 0.379 e. The molecule has 11 heteroatoms. The van der Waals surface area contributed by atoms with E-state index in [1.807, 2.05) is 37.6 Å². The van der Waals surface area contributed by atoms with Gasteiger partial charge in [0.25, 0.3) is 5.91 Å². The topological polar surface area (TPSA) is 117 Å². The normalized spacial score (nSPS) is 23.8. The van der Waals surface area contributed by atoms with Crippen molar-refractivity contribution in [1.29, 1.82) is 0 Å². The molecule has 1 amide bonds. The maximum atomic E-state index is 13.2. The summed E-state index contributed by atoms with van der Waals surface area (Å²) in [7, 11) is 5.21. The summed E-state index contributed by atoms with van der Waals surface area (Å²) >= 11 is 0. The summed E-state index contributed by atoms with van der Waals surface area (Å²) in [6.07, 6.45) is 8.13. The smallest absolute Gasteiger partial charge is 0.257 e. The van der Waals surface area contributed by atoms with E-state index >= 15 is 0 Å². The molecule has 1 unspecified atom stereocenters. The zero-order valence-corrected chi connectivity index (χ0v) is 21.2. The zero-order valence-electron chi connectivity index (χ0n) is 21.2. The van der Waals surface area contributed by atoms with Gasteiger partial charge in [-0.25, -0.2) is 9.97 Å². The Morgan fingerprint density at radius 3 is 2.76 bits per heavy atom. The average Bonchev–Trinajstić information content (AvgIpc) is 3.55. The van der Waals surface area contributed by atoms with Gasteiger partial charge in [-0.1, -0.05) is 0 Å². The molecule has 0 radical (unpaired) electrons. The standard InChI is InChI=1S/C26H31N7O4/c1-27-23-11-19(30-25-17(13-29-33(23)25)26(34)31-18-6-7-21(18)35-2)16-12-28-24-15(16)5-4-9-32(24)20-8-10-37-14-22(20)36-3/h4-5,9,11-13,18,20-22,27H,6-8,10,14H2,1-3H3,(H,31,34)/t18-,20?,21-,22-/m0/s1. The van der Waals surface area contributed by atoms with Crippen LogP contribution < -0.4 is 10.6 Å². The number of aromatic nitrogens is 5. The number of anilines is 1. The number of nitrogens with one attached hydrogen (secondary N) is 2. The quantitative estimate of drug-likeness (QED) is 0.394. The van der Waals surface area contributed by atoms with E-state index in [1.54, 1.807) is 24.9 Å². The van der Waals surface area contributed by atoms with Gasteiger partial charge in [0.2, 0.25) is 0 Å². The Bertz CT molecular complexity index is 1400. The molecule has 3 aliphatic heterocycles. The second-order valence-corrected chi connectivity index (χ2v) is 9.53. The summed E-state index contributed by atoms with van der Waals surface area (Å²) in [5.74, 6) is 1.38. The van der Waals surface area contributed by atoms with Crippen molar-refractivity contribution in [2.45, 2.75) is 43.6 Å². The maximum absolute atomic E-state index is 13.2. The van der Waals surface area contributed by atoms with Gasteiger partial charge in [-0.15, -0.1) is 0 Å². The molecular formula is C26H31N7O4. The Morgan fingerprint density at radius 2 is 2.00 bits per heavy atom. The first-order valence-electron chi connectivity index (χ1n) is 12.6. The molecule has 2 N–H and O–H groups in total. The number of fused-ring (bicyclic) bond motifs is 2. The lowest BCUT2D eigenvalue weighted by molar-refractivity contribution is -0.0600. The average molecular weight is 506 g/mol. The monoisotopic (exact) mass is 505 g/mol. The number of hydrogen-bond donors (Lipinski definition) is 2. The molecule has 11 nitrogen and oxygen atoms in total. The molecular weight excluding hydrogens is 474 g/mol. The van der Waals surface area contributed by atoms with Crippen LogP contribution in [0.1, 0.15) is 35.7 Å². The van der Waals surface area contributed by atoms with E-state index in [9.17, 15) is 4.79 Å². The minimum Gasteiger partial charge on any atom is -0.379 e. The number of rotatable bonds is 7. The van der Waals surface area contributed by atoms with Crippen LogP contribution in [-0.2, 0) is 14.2 Å². The van der Waals surface area contributed by atoms with Gasteiger partial charge in [-0.05, 0) is 31.4 Å². The molecule has 0 bridgehead atoms. The van der Waals surface area contributed by atoms with E-state index in [-0.39, 0.29) is 30.2 Å². The predicted molar refractivity (Wildman–Crippen MR) is 137 cm³/mol. The molecule has 37 heavy (non-hydrogen) atoms. The minimum absolute atomic E-state index is 0.000759. The molecule has 194 valence electrons. The lowest BCUT2D eigenvalue weighted by atomic mass is 9.89. The van der Waals surface area contributed by atoms with Gasteiger partial charge in [0, 0.05) is 57.5 Å². The van der Waals surface area contributed by atoms with Crippen LogP contribution in [0.15, 0.2) is 36.8 Å². The fourth-order valence-electron chi connectivity index (χ4n) is 5.38. The number of nitrogens with zero attached hydrogens (tertiary/aromatic N) is 5. The van der Waals surface area contributed by atoms with Crippen molar-refractivity contribution in [2.24, 2.45) is 0 Å². The van der Waals surface area contributed by atoms with E-state index in [4.69, 9.17) is 24.2 Å². The van der Waals surface area contributed by atoms with Crippen LogP contribution in [-0.4, -0.2) is 82.8 Å². The summed E-state index contributed by atoms with van der Waals surface area (Å²) in [4.78, 5) is 22.8. The highest BCUT2D eigenvalue weighted by Crippen LogP contribution is 2.37. The molecule has 6 rings (SSSR count). The first-order chi connectivity index (χ1) is 18.1. The van der Waals surface area contributed by atoms with E-state index in [1.165, 1.54) is 0 Å². The highest BCUT2D eigenvalue weighted by molar-refractivity contribution is 6.00. The maximum Gasteiger partial charge on any atom is 0.257 e. The van der Waals surface area contributed by atoms with Crippen molar-refractivity contribution in [3.05, 3.63) is 42.4 Å². The summed E-state index contributed by atoms with van der Waals surface area (Å²) in [5, 5.41) is 10.7. The van der Waals surface area contributed by atoms with Crippen LogP contribution in [0, 0.1) is 0 Å². The number of ether oxygens (including phenoxy) is 3. The van der Waals surface area contributed by atoms with E-state index in [0.717, 1.165) is 42.0 Å². The van der Waals surface area contributed by atoms with Crippen molar-refractivity contribution in [3.63, 3.8) is 0 Å². The van der Waals surface area contributed by atoms with Crippen molar-refractivity contribution in [1.82, 2.24) is 29.5 Å². The summed E-state index contributed by atoms with van der Waals surface area (Å²) < 4.78 is 20.6. The Hall–Kier alpha value is -3.54. The number of carbonyl (C=O) groups excluding carboxylic acids is 1. The number of carbonyl (C=O) groups is 1. The van der Waals surface area contributed by atoms with E-state index < -0.39 is 0 Å². The lowest BCUT2D eigenvalue weighted by Crippen LogP contribution is -2.51. The molecule has 2 aromatic rings. The Morgan fingerprint density at radius 1 is 1.14 bits per heavy atom. The summed E-state index contributed by atoms with van der Waals surface area (Å²) in [6, 6.07) is 6.12. The first kappa shape index (κ1) is 23.8. The van der Waals surface area contributed by atoms with Gasteiger partial charge in [-0.2, -0.15) is 9.61 Å². The van der Waals surface area contributed by atoms with Crippen molar-refractivity contribution >= 4 is 17.4 Å². The van der Waals surface area contributed by atoms with Gasteiger partial charge >= 0.3 is 0 Å². The first-order valence-corrected chi connectivity index (χ1v) is 12.6. The second kappa shape index (κ2) is 9.73. The Kier molecular flexibility index (Phi) is 6.27. The van der Waals surface area contributed by atoms with Gasteiger partial charge in [0.05, 0.1) is 36.7 Å². The van der Waals surface area contributed by atoms with Gasteiger partial charge in [0.15, 0.2) is 5.65 Å². The third-order valence-electron chi connectivity index (χ3n) is 7.61. The fraction of sp³-hybridized carbons (Fsp3) is 0.462. The van der Waals surface area contributed by atoms with Gasteiger partial charge < -0.3 is 29.4 Å². The second-order valence-electron chi connectivity index (χ2n) is 9.53. The third-order valence-corrected chi connectivity index (χ3v) is 7.61. The molecule has 1 saturated carbocycles. The molecule has 1 saturated heterocycles. The molecule has 1 aliphatic carbocycles.